The smallest absolute Gasteiger partial charge is 0.0564 e. The average Bonchev–Trinajstić information content (AvgIpc) is 2.28. The van der Waals surface area contributed by atoms with Gasteiger partial charge in [-0.05, 0) is 6.07 Å². The Kier molecular flexibility index (Phi) is 1.36. The molecule has 2 rings (SSSR count). The van der Waals surface area contributed by atoms with Crippen molar-refractivity contribution < 1.29 is 0 Å². The van der Waals surface area contributed by atoms with E-state index in [1.807, 2.05) is 6.20 Å². The summed E-state index contributed by atoms with van der Waals surface area (Å²) in [5, 5.41) is 6.61. The Labute approximate surface area is 59.8 Å². The lowest BCUT2D eigenvalue weighted by molar-refractivity contribution is 0.714. The van der Waals surface area contributed by atoms with Gasteiger partial charge in [0.15, 0.2) is 0 Å². The van der Waals surface area contributed by atoms with E-state index in [-0.39, 0.29) is 0 Å². The van der Waals surface area contributed by atoms with Gasteiger partial charge in [0.25, 0.3) is 0 Å². The van der Waals surface area contributed by atoms with Crippen molar-refractivity contribution in [1.29, 1.82) is 0 Å². The third-order valence-electron chi connectivity index (χ3n) is 1.75. The van der Waals surface area contributed by atoms with E-state index in [1.54, 1.807) is 0 Å². The maximum absolute atomic E-state index is 3.31. The fourth-order valence-corrected chi connectivity index (χ4v) is 1.21. The van der Waals surface area contributed by atoms with Gasteiger partial charge in [0.05, 0.1) is 11.4 Å². The molecule has 0 bridgehead atoms. The first-order valence-corrected chi connectivity index (χ1v) is 3.57. The zero-order chi connectivity index (χ0) is 6.81. The van der Waals surface area contributed by atoms with Crippen molar-refractivity contribution in [3.63, 3.8) is 0 Å². The standard InChI is InChI=1S/C7H11N3/c1-2-9-7-5-8-3-4-10-6(1)7/h1-2,8-10H,3-5H2. The molecule has 0 aliphatic carbocycles. The molecule has 3 N–H and O–H groups in total. The van der Waals surface area contributed by atoms with Gasteiger partial charge in [-0.2, -0.15) is 0 Å². The second kappa shape index (κ2) is 2.34. The number of H-pyrrole nitrogens is 1. The van der Waals surface area contributed by atoms with Crippen molar-refractivity contribution in [2.45, 2.75) is 6.54 Å². The molecule has 54 valence electrons. The van der Waals surface area contributed by atoms with Crippen LogP contribution in [0.15, 0.2) is 12.3 Å². The third-order valence-corrected chi connectivity index (χ3v) is 1.75. The Morgan fingerprint density at radius 1 is 1.30 bits per heavy atom. The maximum atomic E-state index is 3.31. The summed E-state index contributed by atoms with van der Waals surface area (Å²) in [6, 6.07) is 2.07. The normalized spacial score (nSPS) is 17.2. The van der Waals surface area contributed by atoms with Crippen LogP contribution in [-0.2, 0) is 6.54 Å². The van der Waals surface area contributed by atoms with Crippen LogP contribution < -0.4 is 10.6 Å². The summed E-state index contributed by atoms with van der Waals surface area (Å²) >= 11 is 0. The van der Waals surface area contributed by atoms with Gasteiger partial charge in [-0.15, -0.1) is 0 Å². The van der Waals surface area contributed by atoms with Crippen molar-refractivity contribution in [1.82, 2.24) is 10.3 Å². The Bertz CT molecular complexity index is 196. The highest BCUT2D eigenvalue weighted by Crippen LogP contribution is 2.13. The lowest BCUT2D eigenvalue weighted by Crippen LogP contribution is -2.17. The van der Waals surface area contributed by atoms with Crippen molar-refractivity contribution in [3.05, 3.63) is 18.0 Å². The van der Waals surface area contributed by atoms with Crippen molar-refractivity contribution in [2.24, 2.45) is 0 Å². The highest BCUT2D eigenvalue weighted by Gasteiger charge is 2.04. The van der Waals surface area contributed by atoms with Crippen LogP contribution in [-0.4, -0.2) is 18.1 Å². The van der Waals surface area contributed by atoms with E-state index in [0.29, 0.717) is 0 Å². The SMILES string of the molecule is c1cc2c([nH]1)CNCCN2. The average molecular weight is 137 g/mol. The van der Waals surface area contributed by atoms with Crippen LogP contribution >= 0.6 is 0 Å². The number of fused-ring (bicyclic) bond motifs is 1. The fourth-order valence-electron chi connectivity index (χ4n) is 1.21. The Hall–Kier alpha value is -0.960. The number of aromatic nitrogens is 1. The summed E-state index contributed by atoms with van der Waals surface area (Å²) in [4.78, 5) is 3.17. The number of aromatic amines is 1. The van der Waals surface area contributed by atoms with Crippen LogP contribution in [0.3, 0.4) is 0 Å². The first-order chi connectivity index (χ1) is 4.97. The Morgan fingerprint density at radius 3 is 3.30 bits per heavy atom. The third kappa shape index (κ3) is 0.885. The van der Waals surface area contributed by atoms with Crippen LogP contribution in [0.2, 0.25) is 0 Å². The lowest BCUT2D eigenvalue weighted by Gasteiger charge is -1.97. The second-order valence-corrected chi connectivity index (χ2v) is 2.47. The van der Waals surface area contributed by atoms with Crippen LogP contribution in [0, 0.1) is 0 Å². The molecule has 1 aliphatic heterocycles. The molecule has 0 amide bonds. The molecule has 1 aromatic rings. The topological polar surface area (TPSA) is 39.9 Å². The zero-order valence-electron chi connectivity index (χ0n) is 5.78. The number of nitrogens with one attached hydrogen (secondary N) is 3. The molecule has 0 saturated carbocycles. The van der Waals surface area contributed by atoms with E-state index < -0.39 is 0 Å². The molecule has 0 atom stereocenters. The summed E-state index contributed by atoms with van der Waals surface area (Å²) < 4.78 is 0. The zero-order valence-corrected chi connectivity index (χ0v) is 5.78. The van der Waals surface area contributed by atoms with Crippen molar-refractivity contribution in [2.75, 3.05) is 18.4 Å². The summed E-state index contributed by atoms with van der Waals surface area (Å²) in [7, 11) is 0. The number of hydrogen-bond acceptors (Lipinski definition) is 2. The molecule has 0 fully saturated rings. The molecule has 1 aromatic heterocycles. The number of anilines is 1. The van der Waals surface area contributed by atoms with Crippen LogP contribution in [0.5, 0.6) is 0 Å². The van der Waals surface area contributed by atoms with Gasteiger partial charge in [0.1, 0.15) is 0 Å². The van der Waals surface area contributed by atoms with Gasteiger partial charge in [0.2, 0.25) is 0 Å². The van der Waals surface area contributed by atoms with Gasteiger partial charge in [-0.3, -0.25) is 0 Å². The molecular weight excluding hydrogens is 126 g/mol. The molecule has 0 unspecified atom stereocenters. The summed E-state index contributed by atoms with van der Waals surface area (Å²) in [6.45, 7) is 3.02. The molecule has 10 heavy (non-hydrogen) atoms. The van der Waals surface area contributed by atoms with Crippen molar-refractivity contribution in [3.8, 4) is 0 Å². The van der Waals surface area contributed by atoms with E-state index in [0.717, 1.165) is 19.6 Å². The predicted molar refractivity (Wildman–Crippen MR) is 41.0 cm³/mol. The van der Waals surface area contributed by atoms with Gasteiger partial charge in [-0.1, -0.05) is 0 Å². The Morgan fingerprint density at radius 2 is 2.30 bits per heavy atom. The summed E-state index contributed by atoms with van der Waals surface area (Å²) in [5.74, 6) is 0. The van der Waals surface area contributed by atoms with E-state index >= 15 is 0 Å². The molecule has 3 nitrogen and oxygen atoms in total. The predicted octanol–water partition coefficient (Wildman–Crippen LogP) is 0.530. The largest absolute Gasteiger partial charge is 0.382 e. The van der Waals surface area contributed by atoms with Crippen molar-refractivity contribution >= 4 is 5.69 Å². The van der Waals surface area contributed by atoms with Gasteiger partial charge in [0, 0.05) is 25.8 Å². The fraction of sp³-hybridized carbons (Fsp3) is 0.429. The molecular formula is C7H11N3. The van der Waals surface area contributed by atoms with Gasteiger partial charge in [-0.25, -0.2) is 0 Å². The minimum Gasteiger partial charge on any atom is -0.382 e. The molecule has 0 radical (unpaired) electrons. The first kappa shape index (κ1) is 5.80. The maximum Gasteiger partial charge on any atom is 0.0564 e. The van der Waals surface area contributed by atoms with E-state index in [4.69, 9.17) is 0 Å². The minimum absolute atomic E-state index is 0.954. The monoisotopic (exact) mass is 137 g/mol. The minimum atomic E-state index is 0.954. The molecule has 0 saturated heterocycles. The van der Waals surface area contributed by atoms with Gasteiger partial charge < -0.3 is 15.6 Å². The lowest BCUT2D eigenvalue weighted by atomic mass is 10.4. The number of rotatable bonds is 0. The van der Waals surface area contributed by atoms with Gasteiger partial charge >= 0.3 is 0 Å². The molecule has 2 heterocycles. The van der Waals surface area contributed by atoms with Crippen LogP contribution in [0.25, 0.3) is 0 Å². The molecule has 1 aliphatic rings. The first-order valence-electron chi connectivity index (χ1n) is 3.57. The summed E-state index contributed by atoms with van der Waals surface area (Å²) in [5.41, 5.74) is 2.50. The summed E-state index contributed by atoms with van der Waals surface area (Å²) in [6.07, 6.45) is 1.96. The molecule has 3 heteroatoms. The van der Waals surface area contributed by atoms with Crippen LogP contribution in [0.1, 0.15) is 5.69 Å². The Balaban J connectivity index is 2.28. The van der Waals surface area contributed by atoms with E-state index in [2.05, 4.69) is 21.7 Å². The quantitative estimate of drug-likeness (QED) is 0.488. The van der Waals surface area contributed by atoms with Crippen LogP contribution in [0.4, 0.5) is 5.69 Å². The number of hydrogen-bond donors (Lipinski definition) is 3. The van der Waals surface area contributed by atoms with E-state index in [1.165, 1.54) is 11.4 Å². The van der Waals surface area contributed by atoms with E-state index in [9.17, 15) is 0 Å². The highest BCUT2D eigenvalue weighted by molar-refractivity contribution is 5.48. The molecule has 0 spiro atoms. The molecule has 0 aromatic carbocycles. The second-order valence-electron chi connectivity index (χ2n) is 2.47. The highest BCUT2D eigenvalue weighted by atomic mass is 15.0.